The summed E-state index contributed by atoms with van der Waals surface area (Å²) in [5.41, 5.74) is -0.892. The minimum Gasteiger partial charge on any atom is -0.382 e. The lowest BCUT2D eigenvalue weighted by atomic mass is 9.73. The van der Waals surface area contributed by atoms with Crippen molar-refractivity contribution in [2.45, 2.75) is 136 Å². The number of allylic oxidation sites excluding steroid dienone is 1. The van der Waals surface area contributed by atoms with Gasteiger partial charge in [0.25, 0.3) is 27.6 Å². The molecule has 4 N–H and O–H groups in total. The normalized spacial score (nSPS) is 18.6. The van der Waals surface area contributed by atoms with Crippen molar-refractivity contribution in [3.8, 4) is 0 Å². The Hall–Kier alpha value is -6.97. The van der Waals surface area contributed by atoms with Gasteiger partial charge in [-0.3, -0.25) is 53.5 Å². The fourth-order valence-electron chi connectivity index (χ4n) is 13.1. The average molecular weight is 1430 g/mol. The number of anilines is 3. The van der Waals surface area contributed by atoms with Crippen LogP contribution in [-0.2, 0) is 33.7 Å². The number of benzene rings is 5. The number of fused-ring (bicyclic) bond motifs is 1. The van der Waals surface area contributed by atoms with E-state index in [1.165, 1.54) is 46.7 Å². The van der Waals surface area contributed by atoms with Crippen LogP contribution in [0.5, 0.6) is 0 Å². The van der Waals surface area contributed by atoms with Crippen LogP contribution in [0.2, 0.25) is 5.02 Å². The van der Waals surface area contributed by atoms with Gasteiger partial charge in [-0.1, -0.05) is 67.4 Å². The number of piperidine rings is 1. The van der Waals surface area contributed by atoms with Crippen LogP contribution in [0.4, 0.5) is 30.2 Å². The molecule has 0 bridgehead atoms. The van der Waals surface area contributed by atoms with Gasteiger partial charge in [-0.15, -0.1) is 11.8 Å². The van der Waals surface area contributed by atoms with Crippen LogP contribution in [0.25, 0.3) is 5.57 Å². The number of hydrogen-bond donors (Lipinski definition) is 4. The van der Waals surface area contributed by atoms with E-state index in [-0.39, 0.29) is 58.9 Å². The molecule has 4 heterocycles. The van der Waals surface area contributed by atoms with Crippen molar-refractivity contribution in [2.24, 2.45) is 5.41 Å². The lowest BCUT2D eigenvalue weighted by Crippen LogP contribution is -2.54. The number of ether oxygens (including phenoxy) is 2. The molecule has 1 unspecified atom stereocenters. The highest BCUT2D eigenvalue weighted by Crippen LogP contribution is 2.44. The van der Waals surface area contributed by atoms with Crippen molar-refractivity contribution in [3.05, 3.63) is 148 Å². The van der Waals surface area contributed by atoms with Crippen molar-refractivity contribution in [1.29, 1.82) is 0 Å². The number of hydrogen-bond acceptors (Lipinski definition) is 17. The van der Waals surface area contributed by atoms with Gasteiger partial charge in [0.15, 0.2) is 0 Å². The van der Waals surface area contributed by atoms with E-state index < -0.39 is 73.1 Å². The quantitative estimate of drug-likeness (QED) is 0.0158. The first-order valence-corrected chi connectivity index (χ1v) is 37.0. The second-order valence-corrected chi connectivity index (χ2v) is 31.9. The van der Waals surface area contributed by atoms with Crippen molar-refractivity contribution in [3.63, 3.8) is 0 Å². The molecule has 98 heavy (non-hydrogen) atoms. The molecule has 4 aliphatic heterocycles. The van der Waals surface area contributed by atoms with Gasteiger partial charge < -0.3 is 29.9 Å². The van der Waals surface area contributed by atoms with Crippen LogP contribution >= 0.6 is 35.3 Å². The molecule has 10 rings (SSSR count). The van der Waals surface area contributed by atoms with Gasteiger partial charge in [-0.05, 0) is 174 Å². The molecule has 3 saturated heterocycles. The molecule has 3 fully saturated rings. The molecule has 0 saturated carbocycles. The number of halogens is 4. The number of thioether (sulfide) groups is 1. The van der Waals surface area contributed by atoms with E-state index >= 15 is 0 Å². The molecule has 5 aromatic carbocycles. The van der Waals surface area contributed by atoms with E-state index in [0.717, 1.165) is 90.5 Å². The number of imide groups is 2. The van der Waals surface area contributed by atoms with E-state index in [1.807, 2.05) is 82.3 Å². The Morgan fingerprint density at radius 3 is 2.15 bits per heavy atom. The zero-order valence-corrected chi connectivity index (χ0v) is 59.4. The molecule has 0 radical (unpaired) electrons. The van der Waals surface area contributed by atoms with Crippen molar-refractivity contribution in [1.82, 2.24) is 29.6 Å². The molecule has 2 atom stereocenters. The number of sulfone groups is 1. The number of nitrogens with one attached hydrogen (secondary N) is 4. The Morgan fingerprint density at radius 2 is 1.46 bits per heavy atom. The van der Waals surface area contributed by atoms with Gasteiger partial charge in [0.2, 0.25) is 17.7 Å². The summed E-state index contributed by atoms with van der Waals surface area (Å²) in [5, 5.41) is 9.30. The van der Waals surface area contributed by atoms with Crippen LogP contribution in [-0.4, -0.2) is 183 Å². The number of piperazine rings is 2. The van der Waals surface area contributed by atoms with Crippen LogP contribution < -0.4 is 25.6 Å². The van der Waals surface area contributed by atoms with Crippen molar-refractivity contribution < 1.29 is 59.8 Å². The first kappa shape index (κ1) is 73.7. The maximum absolute atomic E-state index is 14.5. The van der Waals surface area contributed by atoms with E-state index in [1.54, 1.807) is 29.2 Å². The third-order valence-corrected chi connectivity index (χ3v) is 22.4. The maximum Gasteiger partial charge on any atom is 0.501 e. The first-order valence-electron chi connectivity index (χ1n) is 33.3. The summed E-state index contributed by atoms with van der Waals surface area (Å²) in [7, 11) is -5.88. The average Bonchev–Trinajstić information content (AvgIpc) is 1.58. The summed E-state index contributed by atoms with van der Waals surface area (Å²) in [6.07, 6.45) is 4.31. The van der Waals surface area contributed by atoms with Gasteiger partial charge in [0.1, 0.15) is 10.9 Å². The largest absolute Gasteiger partial charge is 0.501 e. The second kappa shape index (κ2) is 31.7. The standard InChI is InChI=1S/C72H87ClF3N9O10S3/c1-69(2)29-27-56(48-15-19-51(73)20-16-48)50(44-69)46-82-35-37-83(38-36-82)53-21-17-49(18-22-53)65(88)80-97-55-23-24-58(61(43-55)98(92,93)72(74,75)76)78-52(47-96-54-11-8-7-9-12-54)28-32-81-33-39-84(40-34-81)63(87)45-71(5,6)94-41-30-70(3,4)95-42-31-77-59-14-10-13-57-64(59)68(91)85(67(57)90)60-25-26-62(86)79-66(60)89/h7-24,43,52,60,77-78H,25-42,44-47H2,1-6H3,(H,80,88)(H,79,86,89)/t52-,60?/m1/s1. The van der Waals surface area contributed by atoms with E-state index in [9.17, 15) is 50.4 Å². The third kappa shape index (κ3) is 18.9. The number of carbonyl (C=O) groups excluding carboxylic acids is 6. The maximum atomic E-state index is 14.5. The lowest BCUT2D eigenvalue weighted by Gasteiger charge is -2.39. The SMILES string of the molecule is CC1(C)CCC(c2ccc(Cl)cc2)=C(CN2CCN(c3ccc(C(=O)NSc4ccc(N[C@H](CCN5CCN(C(=O)CC(C)(C)OCCC(C)(C)OCCNc6cccc7c6C(=O)N(C6CCC(=O)NC6=O)C7=O)CC5)CSc5ccccc5)c(S(=O)(=O)C(F)(F)F)c4)cc3)CC2)C1. The summed E-state index contributed by atoms with van der Waals surface area (Å²) in [6.45, 7) is 19.7. The number of amides is 6. The summed E-state index contributed by atoms with van der Waals surface area (Å²) in [6, 6.07) is 31.8. The molecular formula is C72H87ClF3N9O10S3. The number of nitrogens with zero attached hydrogens (tertiary/aromatic N) is 5. The molecule has 1 aliphatic carbocycles. The van der Waals surface area contributed by atoms with Gasteiger partial charge in [0.05, 0.1) is 47.7 Å². The topological polar surface area (TPSA) is 219 Å². The molecule has 26 heteroatoms. The molecule has 5 aromatic rings. The summed E-state index contributed by atoms with van der Waals surface area (Å²) >= 11 is 8.45. The van der Waals surface area contributed by atoms with Crippen molar-refractivity contribution >= 4 is 103 Å². The van der Waals surface area contributed by atoms with Gasteiger partial charge in [-0.2, -0.15) is 13.2 Å². The number of alkyl halides is 3. The van der Waals surface area contributed by atoms with E-state index in [2.05, 4.69) is 61.4 Å². The van der Waals surface area contributed by atoms with Gasteiger partial charge >= 0.3 is 5.51 Å². The van der Waals surface area contributed by atoms with Gasteiger partial charge in [-0.25, -0.2) is 8.42 Å². The highest BCUT2D eigenvalue weighted by molar-refractivity contribution is 7.99. The molecule has 0 aromatic heterocycles. The summed E-state index contributed by atoms with van der Waals surface area (Å²) in [4.78, 5) is 88.1. The molecule has 19 nitrogen and oxygen atoms in total. The fraction of sp³-hybridized carbons (Fsp3) is 0.472. The molecule has 6 amide bonds. The van der Waals surface area contributed by atoms with Crippen LogP contribution in [0.15, 0.2) is 136 Å². The minimum atomic E-state index is -5.88. The number of carbonyl (C=O) groups is 6. The number of rotatable bonds is 28. The Bertz CT molecular complexity index is 3870. The zero-order valence-electron chi connectivity index (χ0n) is 56.2. The molecule has 526 valence electrons. The highest BCUT2D eigenvalue weighted by Gasteiger charge is 2.49. The monoisotopic (exact) mass is 1430 g/mol. The highest BCUT2D eigenvalue weighted by atomic mass is 35.5. The van der Waals surface area contributed by atoms with Crippen LogP contribution in [0, 0.1) is 5.41 Å². The predicted molar refractivity (Wildman–Crippen MR) is 377 cm³/mol. The second-order valence-electron chi connectivity index (χ2n) is 27.6. The minimum absolute atomic E-state index is 0.0196. The van der Waals surface area contributed by atoms with E-state index in [4.69, 9.17) is 21.1 Å². The van der Waals surface area contributed by atoms with E-state index in [0.29, 0.717) is 75.7 Å². The summed E-state index contributed by atoms with van der Waals surface area (Å²) < 4.78 is 85.6. The van der Waals surface area contributed by atoms with Crippen LogP contribution in [0.3, 0.4) is 0 Å². The fourth-order valence-corrected chi connectivity index (χ4v) is 15.8. The predicted octanol–water partition coefficient (Wildman–Crippen LogP) is 11.8. The van der Waals surface area contributed by atoms with Gasteiger partial charge in [0, 0.05) is 122 Å². The summed E-state index contributed by atoms with van der Waals surface area (Å²) in [5.74, 6) is -2.53. The molecular weight excluding hydrogens is 1340 g/mol. The Balaban J connectivity index is 0.680. The molecule has 0 spiro atoms. The third-order valence-electron chi connectivity index (χ3n) is 18.7. The Labute approximate surface area is 585 Å². The smallest absolute Gasteiger partial charge is 0.382 e. The Morgan fingerprint density at radius 1 is 0.765 bits per heavy atom. The first-order chi connectivity index (χ1) is 46.5. The Kier molecular flexibility index (Phi) is 23.9. The zero-order chi connectivity index (χ0) is 70.2. The lowest BCUT2D eigenvalue weighted by molar-refractivity contribution is -0.140. The molecule has 5 aliphatic rings. The van der Waals surface area contributed by atoms with Crippen LogP contribution in [0.1, 0.15) is 130 Å². The van der Waals surface area contributed by atoms with Crippen molar-refractivity contribution in [2.75, 3.05) is 106 Å².